The van der Waals surface area contributed by atoms with Crippen LogP contribution in [0.4, 0.5) is 5.69 Å². The van der Waals surface area contributed by atoms with Crippen LogP contribution in [0.2, 0.25) is 0 Å². The van der Waals surface area contributed by atoms with E-state index in [4.69, 9.17) is 15.2 Å². The first-order chi connectivity index (χ1) is 7.38. The van der Waals surface area contributed by atoms with Crippen LogP contribution in [0.5, 0.6) is 5.88 Å². The Hall–Kier alpha value is -1.29. The molecule has 90 valence electrons. The fourth-order valence-electron chi connectivity index (χ4n) is 1.19. The number of nitrogen functional groups attached to an aromatic ring is 1. The zero-order valence-corrected chi connectivity index (χ0v) is 10.4. The van der Waals surface area contributed by atoms with E-state index < -0.39 is 0 Å². The van der Waals surface area contributed by atoms with E-state index in [9.17, 15) is 0 Å². The summed E-state index contributed by atoms with van der Waals surface area (Å²) in [6.07, 6.45) is 1.73. The molecule has 0 aliphatic carbocycles. The maximum Gasteiger partial charge on any atom is 0.237 e. The molecular formula is C12H20N2O2. The van der Waals surface area contributed by atoms with E-state index >= 15 is 0 Å². The number of pyridine rings is 1. The van der Waals surface area contributed by atoms with E-state index in [1.54, 1.807) is 6.20 Å². The summed E-state index contributed by atoms with van der Waals surface area (Å²) in [6.45, 7) is 8.94. The molecule has 2 N–H and O–H groups in total. The SMILES string of the molecule is Cc1cnc(OCCOC(C)(C)C)c(N)c1. The minimum absolute atomic E-state index is 0.143. The topological polar surface area (TPSA) is 57.4 Å². The molecule has 0 saturated carbocycles. The van der Waals surface area contributed by atoms with Gasteiger partial charge < -0.3 is 15.2 Å². The fraction of sp³-hybridized carbons (Fsp3) is 0.583. The van der Waals surface area contributed by atoms with Gasteiger partial charge in [-0.15, -0.1) is 0 Å². The number of nitrogens with zero attached hydrogens (tertiary/aromatic N) is 1. The van der Waals surface area contributed by atoms with Gasteiger partial charge in [-0.1, -0.05) is 0 Å². The van der Waals surface area contributed by atoms with Gasteiger partial charge >= 0.3 is 0 Å². The van der Waals surface area contributed by atoms with Crippen LogP contribution in [0.1, 0.15) is 26.3 Å². The van der Waals surface area contributed by atoms with Gasteiger partial charge in [0.25, 0.3) is 0 Å². The minimum Gasteiger partial charge on any atom is -0.474 e. The molecule has 0 aliphatic heterocycles. The highest BCUT2D eigenvalue weighted by Crippen LogP contribution is 2.18. The highest BCUT2D eigenvalue weighted by Gasteiger charge is 2.09. The second-order valence-corrected chi connectivity index (χ2v) is 4.72. The number of hydrogen-bond acceptors (Lipinski definition) is 4. The fourth-order valence-corrected chi connectivity index (χ4v) is 1.19. The lowest BCUT2D eigenvalue weighted by atomic mass is 10.2. The highest BCUT2D eigenvalue weighted by molar-refractivity contribution is 5.49. The third-order valence-electron chi connectivity index (χ3n) is 1.87. The third kappa shape index (κ3) is 4.49. The van der Waals surface area contributed by atoms with Gasteiger partial charge in [-0.05, 0) is 39.3 Å². The van der Waals surface area contributed by atoms with E-state index in [1.807, 2.05) is 33.8 Å². The average Bonchev–Trinajstić information content (AvgIpc) is 2.13. The Morgan fingerprint density at radius 1 is 1.31 bits per heavy atom. The highest BCUT2D eigenvalue weighted by atomic mass is 16.5. The summed E-state index contributed by atoms with van der Waals surface area (Å²) >= 11 is 0. The van der Waals surface area contributed by atoms with Crippen molar-refractivity contribution in [1.82, 2.24) is 4.98 Å². The van der Waals surface area contributed by atoms with Gasteiger partial charge in [0, 0.05) is 6.20 Å². The van der Waals surface area contributed by atoms with Crippen molar-refractivity contribution in [2.75, 3.05) is 18.9 Å². The van der Waals surface area contributed by atoms with Crippen LogP contribution in [-0.2, 0) is 4.74 Å². The summed E-state index contributed by atoms with van der Waals surface area (Å²) in [5.41, 5.74) is 7.21. The molecule has 0 amide bonds. The standard InChI is InChI=1S/C12H20N2O2/c1-9-7-10(13)11(14-8-9)15-5-6-16-12(2,3)4/h7-8H,5-6,13H2,1-4H3. The molecule has 1 rings (SSSR count). The largest absolute Gasteiger partial charge is 0.474 e. The summed E-state index contributed by atoms with van der Waals surface area (Å²) in [5, 5.41) is 0. The maximum atomic E-state index is 5.76. The molecule has 0 saturated heterocycles. The van der Waals surface area contributed by atoms with Gasteiger partial charge in [0.05, 0.1) is 17.9 Å². The van der Waals surface area contributed by atoms with Gasteiger partial charge in [-0.25, -0.2) is 4.98 Å². The molecule has 4 nitrogen and oxygen atoms in total. The average molecular weight is 224 g/mol. The van der Waals surface area contributed by atoms with Crippen molar-refractivity contribution < 1.29 is 9.47 Å². The molecule has 0 bridgehead atoms. The molecule has 0 unspecified atom stereocenters. The van der Waals surface area contributed by atoms with E-state index in [-0.39, 0.29) is 5.60 Å². The second kappa shape index (κ2) is 5.16. The Morgan fingerprint density at radius 3 is 2.56 bits per heavy atom. The lowest BCUT2D eigenvalue weighted by molar-refractivity contribution is -0.0167. The molecule has 1 heterocycles. The molecule has 1 aromatic rings. The van der Waals surface area contributed by atoms with E-state index in [2.05, 4.69) is 4.98 Å². The lowest BCUT2D eigenvalue weighted by Crippen LogP contribution is -2.22. The zero-order valence-electron chi connectivity index (χ0n) is 10.4. The summed E-state index contributed by atoms with van der Waals surface area (Å²) < 4.78 is 10.9. The number of hydrogen-bond donors (Lipinski definition) is 1. The summed E-state index contributed by atoms with van der Waals surface area (Å²) in [7, 11) is 0. The minimum atomic E-state index is -0.143. The van der Waals surface area contributed by atoms with Crippen LogP contribution >= 0.6 is 0 Å². The van der Waals surface area contributed by atoms with Gasteiger partial charge in [0.15, 0.2) is 0 Å². The monoisotopic (exact) mass is 224 g/mol. The van der Waals surface area contributed by atoms with Crippen molar-refractivity contribution in [2.24, 2.45) is 0 Å². The number of anilines is 1. The quantitative estimate of drug-likeness (QED) is 0.796. The summed E-state index contributed by atoms with van der Waals surface area (Å²) in [4.78, 5) is 4.11. The van der Waals surface area contributed by atoms with Gasteiger partial charge in [0.1, 0.15) is 6.61 Å². The van der Waals surface area contributed by atoms with Crippen LogP contribution in [0.15, 0.2) is 12.3 Å². The smallest absolute Gasteiger partial charge is 0.237 e. The Bertz CT molecular complexity index is 345. The first kappa shape index (κ1) is 12.8. The number of rotatable bonds is 4. The molecule has 0 radical (unpaired) electrons. The number of aromatic nitrogens is 1. The van der Waals surface area contributed by atoms with E-state index in [1.165, 1.54) is 0 Å². The predicted octanol–water partition coefficient (Wildman–Crippen LogP) is 2.17. The van der Waals surface area contributed by atoms with Crippen molar-refractivity contribution in [3.05, 3.63) is 17.8 Å². The normalized spacial score (nSPS) is 11.5. The van der Waals surface area contributed by atoms with E-state index in [0.717, 1.165) is 5.56 Å². The molecule has 0 atom stereocenters. The van der Waals surface area contributed by atoms with Crippen LogP contribution in [0.25, 0.3) is 0 Å². The predicted molar refractivity (Wildman–Crippen MR) is 64.6 cm³/mol. The molecule has 16 heavy (non-hydrogen) atoms. The van der Waals surface area contributed by atoms with Crippen LogP contribution < -0.4 is 10.5 Å². The van der Waals surface area contributed by atoms with Crippen LogP contribution in [-0.4, -0.2) is 23.8 Å². The van der Waals surface area contributed by atoms with E-state index in [0.29, 0.717) is 24.8 Å². The third-order valence-corrected chi connectivity index (χ3v) is 1.87. The van der Waals surface area contributed by atoms with Gasteiger partial charge in [-0.3, -0.25) is 0 Å². The first-order valence-electron chi connectivity index (χ1n) is 5.37. The van der Waals surface area contributed by atoms with Crippen molar-refractivity contribution in [3.63, 3.8) is 0 Å². The first-order valence-corrected chi connectivity index (χ1v) is 5.37. The van der Waals surface area contributed by atoms with Gasteiger partial charge in [-0.2, -0.15) is 0 Å². The Labute approximate surface area is 96.8 Å². The number of aryl methyl sites for hydroxylation is 1. The number of nitrogens with two attached hydrogens (primary N) is 1. The Kier molecular flexibility index (Phi) is 4.12. The maximum absolute atomic E-state index is 5.76. The summed E-state index contributed by atoms with van der Waals surface area (Å²) in [5.74, 6) is 0.475. The summed E-state index contributed by atoms with van der Waals surface area (Å²) in [6, 6.07) is 1.84. The van der Waals surface area contributed by atoms with Crippen LogP contribution in [0, 0.1) is 6.92 Å². The number of ether oxygens (including phenoxy) is 2. The molecule has 4 heteroatoms. The Balaban J connectivity index is 2.38. The molecule has 0 spiro atoms. The lowest BCUT2D eigenvalue weighted by Gasteiger charge is -2.19. The van der Waals surface area contributed by atoms with Crippen molar-refractivity contribution >= 4 is 5.69 Å². The molecule has 1 aromatic heterocycles. The molecule has 0 aromatic carbocycles. The Morgan fingerprint density at radius 2 is 2.00 bits per heavy atom. The van der Waals surface area contributed by atoms with Gasteiger partial charge in [0.2, 0.25) is 5.88 Å². The van der Waals surface area contributed by atoms with Crippen molar-refractivity contribution in [1.29, 1.82) is 0 Å². The van der Waals surface area contributed by atoms with Crippen molar-refractivity contribution in [3.8, 4) is 5.88 Å². The molecular weight excluding hydrogens is 204 g/mol. The second-order valence-electron chi connectivity index (χ2n) is 4.72. The molecule has 0 aliphatic rings. The van der Waals surface area contributed by atoms with Crippen LogP contribution in [0.3, 0.4) is 0 Å². The zero-order chi connectivity index (χ0) is 12.2. The molecule has 0 fully saturated rings. The van der Waals surface area contributed by atoms with Crippen molar-refractivity contribution in [2.45, 2.75) is 33.3 Å².